The van der Waals surface area contributed by atoms with Gasteiger partial charge >= 0.3 is 0 Å². The minimum absolute atomic E-state index is 0.0287. The van der Waals surface area contributed by atoms with E-state index in [4.69, 9.17) is 5.14 Å². The van der Waals surface area contributed by atoms with Crippen molar-refractivity contribution in [1.82, 2.24) is 5.32 Å². The van der Waals surface area contributed by atoms with Crippen LogP contribution in [0.25, 0.3) is 0 Å². The van der Waals surface area contributed by atoms with Gasteiger partial charge in [0, 0.05) is 5.92 Å². The van der Waals surface area contributed by atoms with Crippen molar-refractivity contribution in [3.63, 3.8) is 0 Å². The summed E-state index contributed by atoms with van der Waals surface area (Å²) < 4.78 is 22.6. The first-order chi connectivity index (χ1) is 8.79. The van der Waals surface area contributed by atoms with Gasteiger partial charge in [-0.25, -0.2) is 13.6 Å². The number of hydrogen-bond donors (Lipinski definition) is 2. The van der Waals surface area contributed by atoms with Gasteiger partial charge in [0.1, 0.15) is 0 Å². The van der Waals surface area contributed by atoms with Gasteiger partial charge in [-0.2, -0.15) is 0 Å². The van der Waals surface area contributed by atoms with Gasteiger partial charge in [-0.3, -0.25) is 4.79 Å². The normalized spacial score (nSPS) is 23.7. The molecule has 1 aromatic rings. The average molecular weight is 282 g/mol. The van der Waals surface area contributed by atoms with Crippen molar-refractivity contribution in [3.8, 4) is 0 Å². The second kappa shape index (κ2) is 4.94. The van der Waals surface area contributed by atoms with E-state index in [9.17, 15) is 13.2 Å². The Hall–Kier alpha value is -1.40. The zero-order valence-electron chi connectivity index (χ0n) is 11.0. The van der Waals surface area contributed by atoms with Crippen LogP contribution in [0.4, 0.5) is 0 Å². The molecule has 0 radical (unpaired) electrons. The van der Waals surface area contributed by atoms with Crippen molar-refractivity contribution in [1.29, 1.82) is 0 Å². The molecule has 0 spiro atoms. The Morgan fingerprint density at radius 1 is 1.47 bits per heavy atom. The van der Waals surface area contributed by atoms with Crippen molar-refractivity contribution in [2.45, 2.75) is 31.2 Å². The Balaban J connectivity index is 2.11. The van der Waals surface area contributed by atoms with Crippen LogP contribution in [0.1, 0.15) is 31.9 Å². The second-order valence-electron chi connectivity index (χ2n) is 5.17. The van der Waals surface area contributed by atoms with Gasteiger partial charge in [-0.15, -0.1) is 0 Å². The lowest BCUT2D eigenvalue weighted by Gasteiger charge is -2.15. The maximum absolute atomic E-state index is 11.8. The number of benzene rings is 1. The standard InChI is InChI=1S/C13H18N2O3S/c1-8-6-12(8)13(16)15-9(2)10-4-3-5-11(7-10)19(14,17)18/h3-5,7-9,12H,6H2,1-2H3,(H,15,16)(H2,14,17,18). The number of carbonyl (C=O) groups is 1. The van der Waals surface area contributed by atoms with Crippen LogP contribution in [0, 0.1) is 11.8 Å². The van der Waals surface area contributed by atoms with E-state index in [1.54, 1.807) is 12.1 Å². The summed E-state index contributed by atoms with van der Waals surface area (Å²) in [4.78, 5) is 11.9. The first-order valence-electron chi connectivity index (χ1n) is 6.22. The van der Waals surface area contributed by atoms with E-state index in [1.807, 2.05) is 13.8 Å². The van der Waals surface area contributed by atoms with Crippen LogP contribution < -0.4 is 10.5 Å². The van der Waals surface area contributed by atoms with E-state index in [1.165, 1.54) is 12.1 Å². The topological polar surface area (TPSA) is 89.3 Å². The molecular formula is C13H18N2O3S. The maximum Gasteiger partial charge on any atom is 0.238 e. The molecule has 3 atom stereocenters. The van der Waals surface area contributed by atoms with Gasteiger partial charge in [0.15, 0.2) is 0 Å². The molecule has 1 aromatic carbocycles. The Kier molecular flexibility index (Phi) is 3.64. The van der Waals surface area contributed by atoms with Crippen molar-refractivity contribution in [2.24, 2.45) is 17.0 Å². The van der Waals surface area contributed by atoms with Crippen molar-refractivity contribution < 1.29 is 13.2 Å². The number of nitrogens with two attached hydrogens (primary N) is 1. The smallest absolute Gasteiger partial charge is 0.238 e. The van der Waals surface area contributed by atoms with E-state index in [-0.39, 0.29) is 22.8 Å². The van der Waals surface area contributed by atoms with Crippen molar-refractivity contribution in [2.75, 3.05) is 0 Å². The fourth-order valence-corrected chi connectivity index (χ4v) is 2.62. The minimum Gasteiger partial charge on any atom is -0.349 e. The SMILES string of the molecule is CC(NC(=O)C1CC1C)c1cccc(S(N)(=O)=O)c1. The van der Waals surface area contributed by atoms with Crippen LogP contribution in [0.3, 0.4) is 0 Å². The van der Waals surface area contributed by atoms with Gasteiger partial charge in [-0.1, -0.05) is 19.1 Å². The number of primary sulfonamides is 1. The molecule has 0 bridgehead atoms. The van der Waals surface area contributed by atoms with Gasteiger partial charge < -0.3 is 5.32 Å². The lowest BCUT2D eigenvalue weighted by atomic mass is 10.1. The van der Waals surface area contributed by atoms with Crippen molar-refractivity contribution in [3.05, 3.63) is 29.8 Å². The zero-order chi connectivity index (χ0) is 14.2. The van der Waals surface area contributed by atoms with E-state index >= 15 is 0 Å². The Morgan fingerprint density at radius 3 is 2.63 bits per heavy atom. The quantitative estimate of drug-likeness (QED) is 0.868. The van der Waals surface area contributed by atoms with Crippen LogP contribution in [-0.4, -0.2) is 14.3 Å². The molecule has 1 aliphatic carbocycles. The van der Waals surface area contributed by atoms with E-state index in [0.29, 0.717) is 5.92 Å². The molecule has 104 valence electrons. The molecule has 1 fully saturated rings. The predicted octanol–water partition coefficient (Wildman–Crippen LogP) is 1.17. The molecule has 0 heterocycles. The molecule has 1 amide bonds. The minimum atomic E-state index is -3.71. The third-order valence-corrected chi connectivity index (χ3v) is 4.40. The molecule has 19 heavy (non-hydrogen) atoms. The number of sulfonamides is 1. The highest BCUT2D eigenvalue weighted by atomic mass is 32.2. The van der Waals surface area contributed by atoms with E-state index in [0.717, 1.165) is 12.0 Å². The lowest BCUT2D eigenvalue weighted by molar-refractivity contribution is -0.123. The molecule has 1 aliphatic rings. The summed E-state index contributed by atoms with van der Waals surface area (Å²) in [5, 5.41) is 7.98. The molecule has 0 saturated heterocycles. The summed E-state index contributed by atoms with van der Waals surface area (Å²) in [5.74, 6) is 0.577. The maximum atomic E-state index is 11.8. The molecule has 0 aromatic heterocycles. The molecule has 3 N–H and O–H groups in total. The fourth-order valence-electron chi connectivity index (χ4n) is 2.05. The summed E-state index contributed by atoms with van der Waals surface area (Å²) in [6.07, 6.45) is 0.926. The monoisotopic (exact) mass is 282 g/mol. The molecule has 0 aliphatic heterocycles. The van der Waals surface area contributed by atoms with Crippen LogP contribution in [0.2, 0.25) is 0 Å². The van der Waals surface area contributed by atoms with E-state index in [2.05, 4.69) is 5.32 Å². The largest absolute Gasteiger partial charge is 0.349 e. The molecule has 1 saturated carbocycles. The van der Waals surface area contributed by atoms with Gasteiger partial charge in [0.05, 0.1) is 10.9 Å². The average Bonchev–Trinajstić information content (AvgIpc) is 3.05. The van der Waals surface area contributed by atoms with Gasteiger partial charge in [-0.05, 0) is 37.0 Å². The lowest BCUT2D eigenvalue weighted by Crippen LogP contribution is -2.28. The van der Waals surface area contributed by atoms with Crippen LogP contribution in [-0.2, 0) is 14.8 Å². The molecule has 5 nitrogen and oxygen atoms in total. The summed E-state index contributed by atoms with van der Waals surface area (Å²) in [5.41, 5.74) is 0.730. The third-order valence-electron chi connectivity index (χ3n) is 3.49. The molecule has 3 unspecified atom stereocenters. The van der Waals surface area contributed by atoms with Crippen LogP contribution in [0.5, 0.6) is 0 Å². The summed E-state index contributed by atoms with van der Waals surface area (Å²) in [6, 6.07) is 6.10. The van der Waals surface area contributed by atoms with Gasteiger partial charge in [0.2, 0.25) is 15.9 Å². The molecular weight excluding hydrogens is 264 g/mol. The summed E-state index contributed by atoms with van der Waals surface area (Å²) in [6.45, 7) is 3.86. The predicted molar refractivity (Wildman–Crippen MR) is 71.6 cm³/mol. The third kappa shape index (κ3) is 3.33. The Morgan fingerprint density at radius 2 is 2.11 bits per heavy atom. The van der Waals surface area contributed by atoms with Crippen LogP contribution >= 0.6 is 0 Å². The first kappa shape index (κ1) is 14.0. The summed E-state index contributed by atoms with van der Waals surface area (Å²) >= 11 is 0. The number of amides is 1. The number of carbonyl (C=O) groups excluding carboxylic acids is 1. The Bertz CT molecular complexity index is 598. The second-order valence-corrected chi connectivity index (χ2v) is 6.73. The number of nitrogens with one attached hydrogen (secondary N) is 1. The van der Waals surface area contributed by atoms with Crippen molar-refractivity contribution >= 4 is 15.9 Å². The highest BCUT2D eigenvalue weighted by Crippen LogP contribution is 2.38. The highest BCUT2D eigenvalue weighted by Gasteiger charge is 2.39. The molecule has 6 heteroatoms. The zero-order valence-corrected chi connectivity index (χ0v) is 11.8. The van der Waals surface area contributed by atoms with Gasteiger partial charge in [0.25, 0.3) is 0 Å². The number of rotatable bonds is 4. The molecule has 2 rings (SSSR count). The first-order valence-corrected chi connectivity index (χ1v) is 7.77. The fraction of sp³-hybridized carbons (Fsp3) is 0.462. The Labute approximate surface area is 113 Å². The van der Waals surface area contributed by atoms with E-state index < -0.39 is 10.0 Å². The van der Waals surface area contributed by atoms with Crippen LogP contribution in [0.15, 0.2) is 29.2 Å². The number of hydrogen-bond acceptors (Lipinski definition) is 3. The summed E-state index contributed by atoms with van der Waals surface area (Å²) in [7, 11) is -3.71. The highest BCUT2D eigenvalue weighted by molar-refractivity contribution is 7.89.